The minimum Gasteiger partial charge on any atom is -0.357 e. The minimum atomic E-state index is 1.04. The Bertz CT molecular complexity index is 462. The van der Waals surface area contributed by atoms with Crippen molar-refractivity contribution < 1.29 is 0 Å². The normalized spacial score (nSPS) is 18.9. The van der Waals surface area contributed by atoms with Crippen molar-refractivity contribution in [3.8, 4) is 0 Å². The van der Waals surface area contributed by atoms with Crippen molar-refractivity contribution in [1.29, 1.82) is 0 Å². The van der Waals surface area contributed by atoms with Crippen molar-refractivity contribution >= 4 is 10.9 Å². The van der Waals surface area contributed by atoms with Crippen LogP contribution in [-0.2, 0) is 6.54 Å². The fraction of sp³-hybridized carbons (Fsp3) is 0.429. The summed E-state index contributed by atoms with van der Waals surface area (Å²) in [6, 6.07) is 10.8. The molecule has 1 fully saturated rings. The summed E-state index contributed by atoms with van der Waals surface area (Å²) in [6.07, 6.45) is 0. The summed E-state index contributed by atoms with van der Waals surface area (Å²) in [4.78, 5) is 8.41. The molecule has 2 heterocycles. The first-order valence-electron chi connectivity index (χ1n) is 6.29. The first-order valence-corrected chi connectivity index (χ1v) is 6.29. The largest absolute Gasteiger partial charge is 0.357 e. The van der Waals surface area contributed by atoms with E-state index in [1.54, 1.807) is 0 Å². The lowest BCUT2D eigenvalue weighted by atomic mass is 10.2. The standard InChI is InChI=1S/C14H19N3/c1-16-6-8-17(9-7-16)11-13-10-12-4-2-3-5-14(12)15-13/h2-5,10,15H,6-9,11H2,1H3. The maximum Gasteiger partial charge on any atom is 0.0456 e. The zero-order chi connectivity index (χ0) is 11.7. The van der Waals surface area contributed by atoms with Gasteiger partial charge in [0.1, 0.15) is 0 Å². The van der Waals surface area contributed by atoms with Gasteiger partial charge in [-0.3, -0.25) is 4.90 Å². The van der Waals surface area contributed by atoms with E-state index in [0.29, 0.717) is 0 Å². The molecule has 3 rings (SSSR count). The Kier molecular flexibility index (Phi) is 2.87. The molecule has 0 atom stereocenters. The van der Waals surface area contributed by atoms with Crippen LogP contribution in [0.2, 0.25) is 0 Å². The predicted octanol–water partition coefficient (Wildman–Crippen LogP) is 1.92. The molecule has 1 aromatic heterocycles. The number of aromatic nitrogens is 1. The number of fused-ring (bicyclic) bond motifs is 1. The molecule has 1 N–H and O–H groups in total. The summed E-state index contributed by atoms with van der Waals surface area (Å²) in [7, 11) is 2.19. The van der Waals surface area contributed by atoms with Gasteiger partial charge in [0.25, 0.3) is 0 Å². The van der Waals surface area contributed by atoms with Crippen LogP contribution in [-0.4, -0.2) is 48.0 Å². The average Bonchev–Trinajstić information content (AvgIpc) is 2.74. The third-order valence-electron chi connectivity index (χ3n) is 3.58. The smallest absolute Gasteiger partial charge is 0.0456 e. The van der Waals surface area contributed by atoms with Crippen molar-refractivity contribution in [3.63, 3.8) is 0 Å². The molecule has 1 aromatic carbocycles. The van der Waals surface area contributed by atoms with Gasteiger partial charge in [-0.25, -0.2) is 0 Å². The van der Waals surface area contributed by atoms with Crippen LogP contribution in [0.1, 0.15) is 5.69 Å². The number of nitrogens with one attached hydrogen (secondary N) is 1. The number of rotatable bonds is 2. The first kappa shape index (κ1) is 10.8. The number of para-hydroxylation sites is 1. The SMILES string of the molecule is CN1CCN(Cc2cc3ccccc3[nH]2)CC1. The molecule has 3 nitrogen and oxygen atoms in total. The number of nitrogens with zero attached hydrogens (tertiary/aromatic N) is 2. The Morgan fingerprint density at radius 3 is 2.65 bits per heavy atom. The Morgan fingerprint density at radius 1 is 1.12 bits per heavy atom. The molecule has 0 amide bonds. The molecule has 0 unspecified atom stereocenters. The summed E-state index contributed by atoms with van der Waals surface area (Å²) in [5.41, 5.74) is 2.58. The zero-order valence-electron chi connectivity index (χ0n) is 10.3. The van der Waals surface area contributed by atoms with E-state index in [4.69, 9.17) is 0 Å². The molecular formula is C14H19N3. The zero-order valence-corrected chi connectivity index (χ0v) is 10.3. The van der Waals surface area contributed by atoms with Gasteiger partial charge in [0.2, 0.25) is 0 Å². The van der Waals surface area contributed by atoms with E-state index in [9.17, 15) is 0 Å². The fourth-order valence-corrected chi connectivity index (χ4v) is 2.47. The Morgan fingerprint density at radius 2 is 1.88 bits per heavy atom. The lowest BCUT2D eigenvalue weighted by Gasteiger charge is -2.31. The van der Waals surface area contributed by atoms with Crippen molar-refractivity contribution in [2.24, 2.45) is 0 Å². The number of H-pyrrole nitrogens is 1. The number of hydrogen-bond donors (Lipinski definition) is 1. The second kappa shape index (κ2) is 4.51. The van der Waals surface area contributed by atoms with Gasteiger partial charge >= 0.3 is 0 Å². The number of hydrogen-bond acceptors (Lipinski definition) is 2. The summed E-state index contributed by atoms with van der Waals surface area (Å²) in [5.74, 6) is 0. The number of benzene rings is 1. The summed E-state index contributed by atoms with van der Waals surface area (Å²) in [6.45, 7) is 5.75. The molecule has 1 aliphatic heterocycles. The van der Waals surface area contributed by atoms with Gasteiger partial charge in [-0.15, -0.1) is 0 Å². The van der Waals surface area contributed by atoms with Crippen LogP contribution in [0, 0.1) is 0 Å². The highest BCUT2D eigenvalue weighted by molar-refractivity contribution is 5.80. The molecule has 17 heavy (non-hydrogen) atoms. The number of aromatic amines is 1. The van der Waals surface area contributed by atoms with E-state index in [1.807, 2.05) is 0 Å². The number of likely N-dealkylation sites (N-methyl/N-ethyl adjacent to an activating group) is 1. The van der Waals surface area contributed by atoms with Crippen LogP contribution in [0.15, 0.2) is 30.3 Å². The minimum absolute atomic E-state index is 1.04. The molecule has 0 saturated carbocycles. The van der Waals surface area contributed by atoms with E-state index >= 15 is 0 Å². The van der Waals surface area contributed by atoms with Gasteiger partial charge < -0.3 is 9.88 Å². The van der Waals surface area contributed by atoms with E-state index in [-0.39, 0.29) is 0 Å². The molecular weight excluding hydrogens is 210 g/mol. The third kappa shape index (κ3) is 2.35. The van der Waals surface area contributed by atoms with Gasteiger partial charge in [0.05, 0.1) is 0 Å². The summed E-state index contributed by atoms with van der Waals surface area (Å²) in [5, 5.41) is 1.32. The second-order valence-electron chi connectivity index (χ2n) is 4.96. The lowest BCUT2D eigenvalue weighted by Crippen LogP contribution is -2.43. The second-order valence-corrected chi connectivity index (χ2v) is 4.96. The van der Waals surface area contributed by atoms with Gasteiger partial charge in [0.15, 0.2) is 0 Å². The average molecular weight is 229 g/mol. The molecule has 0 aliphatic carbocycles. The maximum atomic E-state index is 3.50. The molecule has 0 bridgehead atoms. The lowest BCUT2D eigenvalue weighted by molar-refractivity contribution is 0.147. The predicted molar refractivity (Wildman–Crippen MR) is 71.1 cm³/mol. The van der Waals surface area contributed by atoms with Crippen LogP contribution in [0.4, 0.5) is 0 Å². The van der Waals surface area contributed by atoms with Gasteiger partial charge in [-0.05, 0) is 24.6 Å². The van der Waals surface area contributed by atoms with Gasteiger partial charge in [-0.2, -0.15) is 0 Å². The maximum absolute atomic E-state index is 3.50. The van der Waals surface area contributed by atoms with E-state index in [1.165, 1.54) is 42.8 Å². The fourth-order valence-electron chi connectivity index (χ4n) is 2.47. The van der Waals surface area contributed by atoms with E-state index < -0.39 is 0 Å². The van der Waals surface area contributed by atoms with Crippen LogP contribution in [0.5, 0.6) is 0 Å². The molecule has 0 spiro atoms. The van der Waals surface area contributed by atoms with Crippen molar-refractivity contribution in [3.05, 3.63) is 36.0 Å². The van der Waals surface area contributed by atoms with Crippen molar-refractivity contribution in [2.75, 3.05) is 33.2 Å². The van der Waals surface area contributed by atoms with Gasteiger partial charge in [0, 0.05) is 43.9 Å². The quantitative estimate of drug-likeness (QED) is 0.850. The van der Waals surface area contributed by atoms with E-state index in [0.717, 1.165) is 6.54 Å². The topological polar surface area (TPSA) is 22.3 Å². The monoisotopic (exact) mass is 229 g/mol. The Labute approximate surface area is 102 Å². The Balaban J connectivity index is 1.72. The van der Waals surface area contributed by atoms with Crippen LogP contribution >= 0.6 is 0 Å². The molecule has 0 radical (unpaired) electrons. The first-order chi connectivity index (χ1) is 8.31. The molecule has 1 aliphatic rings. The van der Waals surface area contributed by atoms with Crippen LogP contribution in [0.25, 0.3) is 10.9 Å². The van der Waals surface area contributed by atoms with Crippen LogP contribution in [0.3, 0.4) is 0 Å². The molecule has 1 saturated heterocycles. The van der Waals surface area contributed by atoms with Crippen molar-refractivity contribution in [1.82, 2.24) is 14.8 Å². The Hall–Kier alpha value is -1.32. The summed E-state index contributed by atoms with van der Waals surface area (Å²) < 4.78 is 0. The number of piperazine rings is 1. The van der Waals surface area contributed by atoms with Crippen LogP contribution < -0.4 is 0 Å². The highest BCUT2D eigenvalue weighted by atomic mass is 15.2. The highest BCUT2D eigenvalue weighted by Gasteiger charge is 2.14. The van der Waals surface area contributed by atoms with Crippen molar-refractivity contribution in [2.45, 2.75) is 6.54 Å². The summed E-state index contributed by atoms with van der Waals surface area (Å²) >= 11 is 0. The molecule has 3 heteroatoms. The van der Waals surface area contributed by atoms with Gasteiger partial charge in [-0.1, -0.05) is 18.2 Å². The third-order valence-corrected chi connectivity index (χ3v) is 3.58. The molecule has 90 valence electrons. The molecule has 2 aromatic rings. The highest BCUT2D eigenvalue weighted by Crippen LogP contribution is 2.16. The van der Waals surface area contributed by atoms with E-state index in [2.05, 4.69) is 52.2 Å².